The summed E-state index contributed by atoms with van der Waals surface area (Å²) in [5, 5.41) is 12.3. The second-order valence-corrected chi connectivity index (χ2v) is 3.25. The van der Waals surface area contributed by atoms with Crippen LogP contribution in [-0.4, -0.2) is 16.1 Å². The number of carbonyl (C=O) groups is 1. The van der Waals surface area contributed by atoms with Gasteiger partial charge < -0.3 is 20.2 Å². The molecule has 0 atom stereocenters. The molecule has 0 aliphatic carbocycles. The monoisotopic (exact) mass is 216 g/mol. The molecule has 2 aromatic rings. The van der Waals surface area contributed by atoms with Crippen LogP contribution < -0.4 is 10.4 Å². The molecule has 0 aliphatic heterocycles. The van der Waals surface area contributed by atoms with Crippen LogP contribution in [0.3, 0.4) is 0 Å². The number of hydrogen-bond acceptors (Lipinski definition) is 3. The van der Waals surface area contributed by atoms with E-state index in [0.29, 0.717) is 5.82 Å². The van der Waals surface area contributed by atoms with Crippen molar-refractivity contribution in [3.05, 3.63) is 42.4 Å². The second-order valence-electron chi connectivity index (χ2n) is 3.25. The molecule has 2 rings (SSSR count). The molecule has 0 aliphatic rings. The van der Waals surface area contributed by atoms with E-state index in [0.717, 1.165) is 11.3 Å². The summed E-state index contributed by atoms with van der Waals surface area (Å²) in [6.45, 7) is 0.120. The third-order valence-electron chi connectivity index (χ3n) is 2.11. The predicted octanol–water partition coefficient (Wildman–Crippen LogP) is 0.510. The van der Waals surface area contributed by atoms with Crippen molar-refractivity contribution in [2.75, 3.05) is 0 Å². The van der Waals surface area contributed by atoms with Gasteiger partial charge in [-0.1, -0.05) is 30.3 Å². The lowest BCUT2D eigenvalue weighted by molar-refractivity contribution is -0.251. The van der Waals surface area contributed by atoms with Crippen LogP contribution in [0.1, 0.15) is 5.82 Å². The summed E-state index contributed by atoms with van der Waals surface area (Å²) >= 11 is 0. The minimum Gasteiger partial charge on any atom is -0.530 e. The van der Waals surface area contributed by atoms with Gasteiger partial charge in [0.05, 0.1) is 18.4 Å². The fourth-order valence-electron chi connectivity index (χ4n) is 1.37. The highest BCUT2D eigenvalue weighted by Gasteiger charge is 2.01. The fraction of sp³-hybridized carbons (Fsp3) is 0.0909. The van der Waals surface area contributed by atoms with E-state index in [2.05, 4.69) is 15.3 Å². The summed E-state index contributed by atoms with van der Waals surface area (Å²) in [6.07, 6.45) is 0.361. The molecule has 0 fully saturated rings. The topological polar surface area (TPSA) is 80.8 Å². The molecule has 5 heteroatoms. The van der Waals surface area contributed by atoms with E-state index in [1.807, 2.05) is 30.3 Å². The third-order valence-corrected chi connectivity index (χ3v) is 2.11. The van der Waals surface area contributed by atoms with Gasteiger partial charge in [0.2, 0.25) is 0 Å². The highest BCUT2D eigenvalue weighted by molar-refractivity contribution is 5.62. The summed E-state index contributed by atoms with van der Waals surface area (Å²) in [5.74, 6) is 0.558. The Balaban J connectivity index is 2.11. The lowest BCUT2D eigenvalue weighted by atomic mass is 10.2. The number of aromatic nitrogens is 2. The van der Waals surface area contributed by atoms with Gasteiger partial charge in [-0.3, -0.25) is 0 Å². The summed E-state index contributed by atoms with van der Waals surface area (Å²) in [4.78, 5) is 17.3. The van der Waals surface area contributed by atoms with Gasteiger partial charge >= 0.3 is 0 Å². The molecular weight excluding hydrogens is 206 g/mol. The van der Waals surface area contributed by atoms with Crippen LogP contribution in [0.5, 0.6) is 0 Å². The maximum Gasteiger partial charge on any atom is 0.134 e. The zero-order valence-corrected chi connectivity index (χ0v) is 8.43. The fourth-order valence-corrected chi connectivity index (χ4v) is 1.37. The smallest absolute Gasteiger partial charge is 0.134 e. The number of hydrogen-bond donors (Lipinski definition) is 2. The Labute approximate surface area is 92.2 Å². The number of amides is 1. The quantitative estimate of drug-likeness (QED) is 0.784. The molecule has 5 nitrogen and oxygen atoms in total. The van der Waals surface area contributed by atoms with Gasteiger partial charge in [-0.25, -0.2) is 4.98 Å². The maximum absolute atomic E-state index is 10.2. The lowest BCUT2D eigenvalue weighted by Crippen LogP contribution is -2.36. The Kier molecular flexibility index (Phi) is 2.86. The summed E-state index contributed by atoms with van der Waals surface area (Å²) in [6, 6.07) is 9.68. The number of imidazole rings is 1. The molecule has 0 saturated heterocycles. The Morgan fingerprint density at radius 2 is 2.12 bits per heavy atom. The van der Waals surface area contributed by atoms with Gasteiger partial charge in [0.15, 0.2) is 0 Å². The first-order valence-electron chi connectivity index (χ1n) is 4.80. The summed E-state index contributed by atoms with van der Waals surface area (Å²) in [7, 11) is 0. The molecular formula is C11H10N3O2-. The van der Waals surface area contributed by atoms with Gasteiger partial charge in [0, 0.05) is 0 Å². The van der Waals surface area contributed by atoms with E-state index in [1.54, 1.807) is 6.20 Å². The minimum absolute atomic E-state index is 0.120. The normalized spacial score (nSPS) is 10.0. The van der Waals surface area contributed by atoms with E-state index in [9.17, 15) is 9.90 Å². The van der Waals surface area contributed by atoms with Crippen molar-refractivity contribution in [2.45, 2.75) is 6.54 Å². The molecule has 0 radical (unpaired) electrons. The van der Waals surface area contributed by atoms with E-state index in [4.69, 9.17) is 0 Å². The molecule has 1 heterocycles. The van der Waals surface area contributed by atoms with Crippen molar-refractivity contribution in [3.8, 4) is 11.3 Å². The predicted molar refractivity (Wildman–Crippen MR) is 56.3 cm³/mol. The Morgan fingerprint density at radius 1 is 1.38 bits per heavy atom. The first kappa shape index (κ1) is 10.2. The van der Waals surface area contributed by atoms with Crippen LogP contribution in [0.15, 0.2) is 36.5 Å². The lowest BCUT2D eigenvalue weighted by Gasteiger charge is -2.02. The molecule has 0 saturated carbocycles. The van der Waals surface area contributed by atoms with Crippen LogP contribution in [-0.2, 0) is 6.54 Å². The number of aromatic amines is 1. The number of carbonyl (C=O) groups excluding carboxylic acids is 1. The van der Waals surface area contributed by atoms with E-state index in [1.165, 1.54) is 0 Å². The van der Waals surface area contributed by atoms with Crippen molar-refractivity contribution in [2.24, 2.45) is 0 Å². The number of nitrogens with one attached hydrogen (secondary N) is 2. The van der Waals surface area contributed by atoms with Gasteiger partial charge in [-0.2, -0.15) is 0 Å². The highest BCUT2D eigenvalue weighted by Crippen LogP contribution is 2.15. The number of H-pyrrole nitrogens is 1. The summed E-state index contributed by atoms with van der Waals surface area (Å²) < 4.78 is 0. The highest BCUT2D eigenvalue weighted by atomic mass is 16.4. The largest absolute Gasteiger partial charge is 0.530 e. The molecule has 0 unspecified atom stereocenters. The van der Waals surface area contributed by atoms with Crippen molar-refractivity contribution in [3.63, 3.8) is 0 Å². The number of benzene rings is 1. The molecule has 2 N–H and O–H groups in total. The van der Waals surface area contributed by atoms with E-state index >= 15 is 0 Å². The maximum atomic E-state index is 10.2. The van der Waals surface area contributed by atoms with E-state index in [-0.39, 0.29) is 6.54 Å². The Morgan fingerprint density at radius 3 is 2.81 bits per heavy atom. The first-order chi connectivity index (χ1) is 7.75. The van der Waals surface area contributed by atoms with Crippen molar-refractivity contribution >= 4 is 6.09 Å². The van der Waals surface area contributed by atoms with Gasteiger partial charge in [-0.05, 0) is 5.56 Å². The third kappa shape index (κ3) is 2.38. The van der Waals surface area contributed by atoms with Crippen LogP contribution in [0.25, 0.3) is 11.3 Å². The minimum atomic E-state index is -1.31. The zero-order valence-electron chi connectivity index (χ0n) is 8.43. The molecule has 0 bridgehead atoms. The molecule has 16 heavy (non-hydrogen) atoms. The molecule has 1 aromatic heterocycles. The van der Waals surface area contributed by atoms with Crippen molar-refractivity contribution < 1.29 is 9.90 Å². The number of carboxylic acid groups (broad SMARTS) is 1. The van der Waals surface area contributed by atoms with Gasteiger partial charge in [0.1, 0.15) is 11.9 Å². The zero-order chi connectivity index (χ0) is 11.4. The van der Waals surface area contributed by atoms with Gasteiger partial charge in [0.25, 0.3) is 0 Å². The van der Waals surface area contributed by atoms with Crippen LogP contribution in [0.2, 0.25) is 0 Å². The summed E-state index contributed by atoms with van der Waals surface area (Å²) in [5.41, 5.74) is 1.87. The molecule has 1 amide bonds. The average molecular weight is 216 g/mol. The average Bonchev–Trinajstić information content (AvgIpc) is 2.76. The van der Waals surface area contributed by atoms with Crippen LogP contribution in [0, 0.1) is 0 Å². The number of rotatable bonds is 3. The number of nitrogens with zero attached hydrogens (tertiary/aromatic N) is 1. The SMILES string of the molecule is O=C([O-])NCc1ncc(-c2ccccc2)[nH]1. The van der Waals surface area contributed by atoms with Crippen molar-refractivity contribution in [1.29, 1.82) is 0 Å². The van der Waals surface area contributed by atoms with Crippen LogP contribution >= 0.6 is 0 Å². The molecule has 1 aromatic carbocycles. The van der Waals surface area contributed by atoms with Gasteiger partial charge in [-0.15, -0.1) is 0 Å². The van der Waals surface area contributed by atoms with Crippen molar-refractivity contribution in [1.82, 2.24) is 15.3 Å². The molecule has 0 spiro atoms. The van der Waals surface area contributed by atoms with E-state index < -0.39 is 6.09 Å². The van der Waals surface area contributed by atoms with Crippen LogP contribution in [0.4, 0.5) is 4.79 Å². The Hall–Kier alpha value is -2.30. The first-order valence-corrected chi connectivity index (χ1v) is 4.80. The Bertz CT molecular complexity index is 479. The molecule has 82 valence electrons. The second kappa shape index (κ2) is 4.48. The standard InChI is InChI=1S/C11H11N3O2/c15-11(16)13-7-10-12-6-9(14-10)8-4-2-1-3-5-8/h1-6,13H,7H2,(H,12,14)(H,15,16)/p-1.